The van der Waals surface area contributed by atoms with Crippen LogP contribution in [-0.4, -0.2) is 27.9 Å². The maximum Gasteiger partial charge on any atom is 0.270 e. The second-order valence-corrected chi connectivity index (χ2v) is 6.61. The molecular weight excluding hydrogens is 371 g/mol. The molecule has 0 spiro atoms. The van der Waals surface area contributed by atoms with Crippen molar-refractivity contribution in [1.29, 1.82) is 0 Å². The van der Waals surface area contributed by atoms with E-state index in [2.05, 4.69) is 22.5 Å². The Bertz CT molecular complexity index is 965. The number of halogens is 1. The Kier molecular flexibility index (Phi) is 6.73. The minimum Gasteiger partial charge on any atom is -0.352 e. The van der Waals surface area contributed by atoms with Crippen LogP contribution in [0, 0.1) is 5.82 Å². The number of aromatic nitrogens is 2. The van der Waals surface area contributed by atoms with Gasteiger partial charge in [0.2, 0.25) is 0 Å². The molecule has 6 nitrogen and oxygen atoms in total. The summed E-state index contributed by atoms with van der Waals surface area (Å²) in [6.07, 6.45) is 4.94. The van der Waals surface area contributed by atoms with Gasteiger partial charge in [-0.05, 0) is 48.4 Å². The van der Waals surface area contributed by atoms with Crippen molar-refractivity contribution < 1.29 is 14.0 Å². The Balaban J connectivity index is 1.59. The zero-order chi connectivity index (χ0) is 20.6. The number of nitrogens with one attached hydrogen (secondary N) is 2. The molecule has 2 aromatic carbocycles. The van der Waals surface area contributed by atoms with Crippen LogP contribution in [0.15, 0.2) is 61.1 Å². The normalized spacial score (nSPS) is 10.6. The van der Waals surface area contributed by atoms with Crippen molar-refractivity contribution in [1.82, 2.24) is 20.2 Å². The number of nitrogens with zero attached hydrogens (tertiary/aromatic N) is 2. The molecule has 0 bridgehead atoms. The van der Waals surface area contributed by atoms with E-state index in [-0.39, 0.29) is 17.6 Å². The molecule has 3 aromatic rings. The number of benzene rings is 2. The Morgan fingerprint density at radius 1 is 1.00 bits per heavy atom. The van der Waals surface area contributed by atoms with E-state index in [1.165, 1.54) is 24.7 Å². The van der Waals surface area contributed by atoms with Crippen LogP contribution in [0.25, 0.3) is 5.69 Å². The van der Waals surface area contributed by atoms with Gasteiger partial charge in [0.25, 0.3) is 11.8 Å². The first-order valence-electron chi connectivity index (χ1n) is 9.52. The summed E-state index contributed by atoms with van der Waals surface area (Å²) >= 11 is 0. The van der Waals surface area contributed by atoms with Gasteiger partial charge in [-0.15, -0.1) is 0 Å². The first-order valence-corrected chi connectivity index (χ1v) is 9.52. The summed E-state index contributed by atoms with van der Waals surface area (Å²) in [5, 5.41) is 5.71. The number of hydrogen-bond acceptors (Lipinski definition) is 3. The van der Waals surface area contributed by atoms with Crippen molar-refractivity contribution in [2.75, 3.05) is 6.54 Å². The summed E-state index contributed by atoms with van der Waals surface area (Å²) in [6, 6.07) is 12.9. The quantitative estimate of drug-likeness (QED) is 0.575. The molecule has 7 heteroatoms. The van der Waals surface area contributed by atoms with Gasteiger partial charge in [0, 0.05) is 24.3 Å². The van der Waals surface area contributed by atoms with Crippen LogP contribution in [0.2, 0.25) is 0 Å². The smallest absolute Gasteiger partial charge is 0.270 e. The molecule has 0 saturated heterocycles. The molecule has 29 heavy (non-hydrogen) atoms. The van der Waals surface area contributed by atoms with E-state index >= 15 is 0 Å². The number of amides is 2. The third kappa shape index (κ3) is 5.28. The molecule has 0 atom stereocenters. The second kappa shape index (κ2) is 9.64. The van der Waals surface area contributed by atoms with Crippen LogP contribution in [0.1, 0.15) is 46.2 Å². The number of carbonyl (C=O) groups is 2. The summed E-state index contributed by atoms with van der Waals surface area (Å²) in [4.78, 5) is 28.6. The first-order chi connectivity index (χ1) is 14.1. The largest absolute Gasteiger partial charge is 0.352 e. The van der Waals surface area contributed by atoms with Gasteiger partial charge in [-0.1, -0.05) is 25.5 Å². The molecule has 0 aliphatic rings. The van der Waals surface area contributed by atoms with Crippen molar-refractivity contribution in [2.45, 2.75) is 26.3 Å². The molecule has 0 saturated carbocycles. The number of rotatable bonds is 8. The highest BCUT2D eigenvalue weighted by molar-refractivity contribution is 5.94. The van der Waals surface area contributed by atoms with Gasteiger partial charge in [-0.25, -0.2) is 9.37 Å². The van der Waals surface area contributed by atoms with E-state index in [4.69, 9.17) is 0 Å². The molecule has 3 rings (SSSR count). The maximum atomic E-state index is 13.1. The average molecular weight is 394 g/mol. The third-order valence-corrected chi connectivity index (χ3v) is 4.46. The molecule has 0 aliphatic carbocycles. The van der Waals surface area contributed by atoms with Crippen LogP contribution in [-0.2, 0) is 6.54 Å². The third-order valence-electron chi connectivity index (χ3n) is 4.46. The lowest BCUT2D eigenvalue weighted by Gasteiger charge is -2.10. The monoisotopic (exact) mass is 394 g/mol. The van der Waals surface area contributed by atoms with Crippen LogP contribution in [0.4, 0.5) is 4.39 Å². The van der Waals surface area contributed by atoms with Gasteiger partial charge in [0.15, 0.2) is 0 Å². The zero-order valence-corrected chi connectivity index (χ0v) is 16.2. The molecule has 0 aliphatic heterocycles. The van der Waals surface area contributed by atoms with Gasteiger partial charge in [0.1, 0.15) is 11.5 Å². The topological polar surface area (TPSA) is 76.0 Å². The van der Waals surface area contributed by atoms with Crippen molar-refractivity contribution >= 4 is 11.8 Å². The molecular formula is C22H23FN4O2. The number of imidazole rings is 1. The van der Waals surface area contributed by atoms with Gasteiger partial charge in [0.05, 0.1) is 12.5 Å². The summed E-state index contributed by atoms with van der Waals surface area (Å²) in [6.45, 7) is 3.04. The fraction of sp³-hybridized carbons (Fsp3) is 0.227. The Morgan fingerprint density at radius 3 is 2.41 bits per heavy atom. The van der Waals surface area contributed by atoms with E-state index in [9.17, 15) is 14.0 Å². The van der Waals surface area contributed by atoms with E-state index < -0.39 is 0 Å². The lowest BCUT2D eigenvalue weighted by molar-refractivity contribution is 0.0938. The average Bonchev–Trinajstić information content (AvgIpc) is 3.23. The first kappa shape index (κ1) is 20.3. The van der Waals surface area contributed by atoms with Crippen LogP contribution in [0.3, 0.4) is 0 Å². The molecule has 0 fully saturated rings. The molecule has 2 N–H and O–H groups in total. The standard InChI is InChI=1S/C22H23FN4O2/c1-2-3-12-25-21(28)17-6-4-16(5-7-17)13-26-22(29)20-14-24-15-27(20)19-10-8-18(23)9-11-19/h4-11,14-15H,2-3,12-13H2,1H3,(H,25,28)(H,26,29). The minimum absolute atomic E-state index is 0.0998. The van der Waals surface area contributed by atoms with E-state index in [0.717, 1.165) is 18.4 Å². The van der Waals surface area contributed by atoms with Crippen LogP contribution < -0.4 is 10.6 Å². The zero-order valence-electron chi connectivity index (χ0n) is 16.2. The van der Waals surface area contributed by atoms with Gasteiger partial charge in [-0.3, -0.25) is 14.2 Å². The van der Waals surface area contributed by atoms with E-state index in [0.29, 0.717) is 30.0 Å². The predicted molar refractivity (Wildman–Crippen MR) is 108 cm³/mol. The second-order valence-electron chi connectivity index (χ2n) is 6.61. The fourth-order valence-corrected chi connectivity index (χ4v) is 2.80. The summed E-state index contributed by atoms with van der Waals surface area (Å²) < 4.78 is 14.7. The predicted octanol–water partition coefficient (Wildman–Crippen LogP) is 3.47. The van der Waals surface area contributed by atoms with E-state index in [1.54, 1.807) is 28.8 Å². The van der Waals surface area contributed by atoms with Gasteiger partial charge < -0.3 is 10.6 Å². The lowest BCUT2D eigenvalue weighted by atomic mass is 10.1. The SMILES string of the molecule is CCCCNC(=O)c1ccc(CNC(=O)c2cncn2-c2ccc(F)cc2)cc1. The Morgan fingerprint density at radius 2 is 1.72 bits per heavy atom. The van der Waals surface area contributed by atoms with Crippen molar-refractivity contribution in [3.63, 3.8) is 0 Å². The molecule has 2 amide bonds. The van der Waals surface area contributed by atoms with Crippen LogP contribution in [0.5, 0.6) is 0 Å². The summed E-state index contributed by atoms with van der Waals surface area (Å²) in [5.74, 6) is -0.743. The van der Waals surface area contributed by atoms with Gasteiger partial charge in [-0.2, -0.15) is 0 Å². The highest BCUT2D eigenvalue weighted by atomic mass is 19.1. The highest BCUT2D eigenvalue weighted by Gasteiger charge is 2.13. The number of hydrogen-bond donors (Lipinski definition) is 2. The molecule has 0 unspecified atom stereocenters. The molecule has 0 radical (unpaired) electrons. The Labute approximate surface area is 168 Å². The highest BCUT2D eigenvalue weighted by Crippen LogP contribution is 2.12. The number of carbonyl (C=O) groups excluding carboxylic acids is 2. The molecule has 1 heterocycles. The molecule has 150 valence electrons. The van der Waals surface area contributed by atoms with Crippen molar-refractivity contribution in [2.24, 2.45) is 0 Å². The lowest BCUT2D eigenvalue weighted by Crippen LogP contribution is -2.25. The fourth-order valence-electron chi connectivity index (χ4n) is 2.80. The maximum absolute atomic E-state index is 13.1. The van der Waals surface area contributed by atoms with E-state index in [1.807, 2.05) is 12.1 Å². The van der Waals surface area contributed by atoms with Gasteiger partial charge >= 0.3 is 0 Å². The molecule has 1 aromatic heterocycles. The minimum atomic E-state index is -0.345. The Hall–Kier alpha value is -3.48. The van der Waals surface area contributed by atoms with Crippen molar-refractivity contribution in [3.8, 4) is 5.69 Å². The van der Waals surface area contributed by atoms with Crippen LogP contribution >= 0.6 is 0 Å². The van der Waals surface area contributed by atoms with Crippen molar-refractivity contribution in [3.05, 3.63) is 83.7 Å². The summed E-state index contributed by atoms with van der Waals surface area (Å²) in [7, 11) is 0. The number of unbranched alkanes of at least 4 members (excludes halogenated alkanes) is 1. The summed E-state index contributed by atoms with van der Waals surface area (Å²) in [5.41, 5.74) is 2.46.